The van der Waals surface area contributed by atoms with Crippen molar-refractivity contribution in [1.29, 1.82) is 0 Å². The summed E-state index contributed by atoms with van der Waals surface area (Å²) in [6.45, 7) is 3.82. The van der Waals surface area contributed by atoms with Crippen LogP contribution >= 0.6 is 0 Å². The van der Waals surface area contributed by atoms with Crippen molar-refractivity contribution in [3.63, 3.8) is 0 Å². The van der Waals surface area contributed by atoms with Crippen molar-refractivity contribution in [2.75, 3.05) is 0 Å². The summed E-state index contributed by atoms with van der Waals surface area (Å²) in [5.41, 5.74) is -0.630. The molecule has 0 aliphatic heterocycles. The molecule has 0 heterocycles. The molecule has 0 aromatic carbocycles. The van der Waals surface area contributed by atoms with Crippen LogP contribution in [0.3, 0.4) is 0 Å². The molecular formula is C8H12LiO. The molecule has 0 aromatic rings. The van der Waals surface area contributed by atoms with Crippen LogP contribution < -0.4 is 0 Å². The van der Waals surface area contributed by atoms with Crippen molar-refractivity contribution in [3.8, 4) is 0 Å². The fourth-order valence-electron chi connectivity index (χ4n) is 0.828. The normalized spacial score (nSPS) is 37.3. The summed E-state index contributed by atoms with van der Waals surface area (Å²) in [5.74, 6) is 0.238. The monoisotopic (exact) mass is 131 g/mol. The van der Waals surface area contributed by atoms with Crippen LogP contribution in [-0.4, -0.2) is 29.6 Å². The molecule has 1 aliphatic rings. The second kappa shape index (κ2) is 3.43. The molecule has 1 N–H and O–H groups in total. The van der Waals surface area contributed by atoms with Gasteiger partial charge in [0, 0.05) is 24.8 Å². The summed E-state index contributed by atoms with van der Waals surface area (Å²) < 4.78 is 0. The first-order chi connectivity index (χ1) is 4.13. The van der Waals surface area contributed by atoms with Gasteiger partial charge >= 0.3 is 0 Å². The molecule has 1 radical (unpaired) electrons. The first kappa shape index (κ1) is 10.0. The van der Waals surface area contributed by atoms with Crippen LogP contribution in [0.15, 0.2) is 24.3 Å². The molecule has 1 rings (SSSR count). The predicted octanol–water partition coefficient (Wildman–Crippen LogP) is 1.12. The minimum Gasteiger partial charge on any atom is -0.385 e. The standard InChI is InChI=1S/C8H12O.Li/c1-7-5-3-4-6-8(7,2)9;/h3-7,9H,1-2H3;. The van der Waals surface area contributed by atoms with E-state index in [9.17, 15) is 5.11 Å². The van der Waals surface area contributed by atoms with E-state index in [2.05, 4.69) is 0 Å². The molecule has 0 aromatic heterocycles. The third-order valence-electron chi connectivity index (χ3n) is 1.87. The molecule has 2 unspecified atom stereocenters. The van der Waals surface area contributed by atoms with E-state index in [4.69, 9.17) is 0 Å². The Morgan fingerprint density at radius 3 is 2.30 bits per heavy atom. The summed E-state index contributed by atoms with van der Waals surface area (Å²) >= 11 is 0. The number of aliphatic hydroxyl groups is 1. The van der Waals surface area contributed by atoms with Gasteiger partial charge in [-0.15, -0.1) is 0 Å². The summed E-state index contributed by atoms with van der Waals surface area (Å²) in [6, 6.07) is 0. The zero-order chi connectivity index (χ0) is 6.91. The van der Waals surface area contributed by atoms with Crippen LogP contribution in [0.25, 0.3) is 0 Å². The van der Waals surface area contributed by atoms with E-state index in [0.717, 1.165) is 0 Å². The van der Waals surface area contributed by atoms with Crippen molar-refractivity contribution in [1.82, 2.24) is 0 Å². The van der Waals surface area contributed by atoms with Gasteiger partial charge in [0.1, 0.15) is 0 Å². The molecular weight excluding hydrogens is 119 g/mol. The minimum absolute atomic E-state index is 0. The predicted molar refractivity (Wildman–Crippen MR) is 43.8 cm³/mol. The average Bonchev–Trinajstić information content (AvgIpc) is 1.77. The first-order valence-corrected chi connectivity index (χ1v) is 3.21. The number of rotatable bonds is 0. The Bertz CT molecular complexity index is 159. The third-order valence-corrected chi connectivity index (χ3v) is 1.87. The van der Waals surface area contributed by atoms with Crippen molar-refractivity contribution < 1.29 is 5.11 Å². The molecule has 0 saturated carbocycles. The smallest absolute Gasteiger partial charge is 0.0862 e. The SMILES string of the molecule is CC1C=CC=CC1(C)O.[Li]. The molecule has 0 saturated heterocycles. The van der Waals surface area contributed by atoms with Crippen molar-refractivity contribution in [2.45, 2.75) is 19.4 Å². The maximum Gasteiger partial charge on any atom is 0.0862 e. The number of hydrogen-bond donors (Lipinski definition) is 1. The fourth-order valence-corrected chi connectivity index (χ4v) is 0.828. The topological polar surface area (TPSA) is 20.2 Å². The van der Waals surface area contributed by atoms with Crippen molar-refractivity contribution in [3.05, 3.63) is 24.3 Å². The van der Waals surface area contributed by atoms with E-state index in [1.807, 2.05) is 38.2 Å². The van der Waals surface area contributed by atoms with E-state index in [-0.39, 0.29) is 24.8 Å². The molecule has 0 amide bonds. The molecule has 1 aliphatic carbocycles. The molecule has 0 fully saturated rings. The summed E-state index contributed by atoms with van der Waals surface area (Å²) in [6.07, 6.45) is 7.65. The zero-order valence-electron chi connectivity index (χ0n) is 6.83. The van der Waals surface area contributed by atoms with Crippen molar-refractivity contribution in [2.24, 2.45) is 5.92 Å². The Hall–Kier alpha value is 0.0374. The molecule has 1 nitrogen and oxygen atoms in total. The average molecular weight is 131 g/mol. The van der Waals surface area contributed by atoms with Gasteiger partial charge in [0.05, 0.1) is 5.60 Å². The molecule has 10 heavy (non-hydrogen) atoms. The molecule has 0 spiro atoms. The molecule has 2 atom stereocenters. The van der Waals surface area contributed by atoms with Gasteiger partial charge in [-0.2, -0.15) is 0 Å². The maximum atomic E-state index is 9.50. The molecule has 0 bridgehead atoms. The minimum atomic E-state index is -0.630. The Morgan fingerprint density at radius 1 is 1.40 bits per heavy atom. The second-order valence-corrected chi connectivity index (χ2v) is 2.76. The van der Waals surface area contributed by atoms with Crippen molar-refractivity contribution >= 4 is 18.9 Å². The zero-order valence-corrected chi connectivity index (χ0v) is 6.83. The van der Waals surface area contributed by atoms with E-state index in [1.165, 1.54) is 0 Å². The fraction of sp³-hybridized carbons (Fsp3) is 0.500. The van der Waals surface area contributed by atoms with Crippen LogP contribution in [0.1, 0.15) is 13.8 Å². The maximum absolute atomic E-state index is 9.50. The first-order valence-electron chi connectivity index (χ1n) is 3.21. The van der Waals surface area contributed by atoms with Gasteiger partial charge < -0.3 is 5.11 Å². The van der Waals surface area contributed by atoms with Crippen LogP contribution in [0.4, 0.5) is 0 Å². The van der Waals surface area contributed by atoms with E-state index >= 15 is 0 Å². The number of allylic oxidation sites excluding steroid dienone is 2. The van der Waals surface area contributed by atoms with Crippen LogP contribution in [0, 0.1) is 5.92 Å². The van der Waals surface area contributed by atoms with Gasteiger partial charge in [0.25, 0.3) is 0 Å². The van der Waals surface area contributed by atoms with Gasteiger partial charge in [-0.1, -0.05) is 31.2 Å². The van der Waals surface area contributed by atoms with Gasteiger partial charge in [-0.25, -0.2) is 0 Å². The summed E-state index contributed by atoms with van der Waals surface area (Å²) in [7, 11) is 0. The van der Waals surface area contributed by atoms with E-state index in [0.29, 0.717) is 0 Å². The van der Waals surface area contributed by atoms with Crippen LogP contribution in [0.2, 0.25) is 0 Å². The largest absolute Gasteiger partial charge is 0.385 e. The van der Waals surface area contributed by atoms with E-state index < -0.39 is 5.60 Å². The van der Waals surface area contributed by atoms with Gasteiger partial charge in [0.2, 0.25) is 0 Å². The number of hydrogen-bond acceptors (Lipinski definition) is 1. The quantitative estimate of drug-likeness (QED) is 0.488. The third kappa shape index (κ3) is 2.02. The summed E-state index contributed by atoms with van der Waals surface area (Å²) in [4.78, 5) is 0. The molecule has 51 valence electrons. The van der Waals surface area contributed by atoms with Gasteiger partial charge in [0.15, 0.2) is 0 Å². The Morgan fingerprint density at radius 2 is 2.00 bits per heavy atom. The Kier molecular flexibility index (Phi) is 3.45. The van der Waals surface area contributed by atoms with E-state index in [1.54, 1.807) is 0 Å². The Balaban J connectivity index is 0.000000810. The summed E-state index contributed by atoms with van der Waals surface area (Å²) in [5, 5.41) is 9.50. The van der Waals surface area contributed by atoms with Crippen LogP contribution in [-0.2, 0) is 0 Å². The Labute approximate surface area is 74.0 Å². The van der Waals surface area contributed by atoms with Gasteiger partial charge in [-0.05, 0) is 6.92 Å². The van der Waals surface area contributed by atoms with Crippen LogP contribution in [0.5, 0.6) is 0 Å². The molecule has 2 heteroatoms. The van der Waals surface area contributed by atoms with Gasteiger partial charge in [-0.3, -0.25) is 0 Å². The second-order valence-electron chi connectivity index (χ2n) is 2.76.